The average Bonchev–Trinajstić information content (AvgIpc) is 2.29. The van der Waals surface area contributed by atoms with E-state index in [1.807, 2.05) is 0 Å². The first-order chi connectivity index (χ1) is 8.88. The lowest BCUT2D eigenvalue weighted by Crippen LogP contribution is -1.88. The topological polar surface area (TPSA) is 69.9 Å². The summed E-state index contributed by atoms with van der Waals surface area (Å²) in [4.78, 5) is 0. The van der Waals surface area contributed by atoms with Gasteiger partial charge in [0.25, 0.3) is 0 Å². The van der Waals surface area contributed by atoms with E-state index in [-0.39, 0.29) is 23.0 Å². The molecular weight excluding hydrogens is 448 g/mol. The highest BCUT2D eigenvalue weighted by Crippen LogP contribution is 2.45. The molecule has 0 aliphatic heterocycles. The Morgan fingerprint density at radius 3 is 2.00 bits per heavy atom. The van der Waals surface area contributed by atoms with Gasteiger partial charge in [-0.15, -0.1) is 0 Å². The molecule has 7 heteroatoms. The zero-order valence-electron chi connectivity index (χ0n) is 9.19. The number of ether oxygens (including phenoxy) is 1. The molecule has 0 aliphatic rings. The van der Waals surface area contributed by atoms with Gasteiger partial charge in [-0.05, 0) is 40.2 Å². The SMILES string of the molecule is Oc1cc(Br)cc(Oc2c(O)cc(Br)cc2Br)c1O. The molecule has 3 N–H and O–H groups in total. The Hall–Kier alpha value is -0.920. The number of aromatic hydroxyl groups is 3. The lowest BCUT2D eigenvalue weighted by atomic mass is 10.3. The van der Waals surface area contributed by atoms with Gasteiger partial charge in [0.1, 0.15) is 0 Å². The average molecular weight is 455 g/mol. The van der Waals surface area contributed by atoms with Crippen LogP contribution in [0.1, 0.15) is 0 Å². The van der Waals surface area contributed by atoms with E-state index in [0.29, 0.717) is 13.4 Å². The number of benzene rings is 2. The fourth-order valence-corrected chi connectivity index (χ4v) is 3.10. The Morgan fingerprint density at radius 1 is 0.789 bits per heavy atom. The predicted molar refractivity (Wildman–Crippen MR) is 81.1 cm³/mol. The number of phenolic OH excluding ortho intramolecular Hbond substituents is 3. The molecule has 0 heterocycles. The highest BCUT2D eigenvalue weighted by atomic mass is 79.9. The Bertz CT molecular complexity index is 620. The van der Waals surface area contributed by atoms with Crippen molar-refractivity contribution in [2.24, 2.45) is 0 Å². The number of phenols is 3. The molecule has 19 heavy (non-hydrogen) atoms. The van der Waals surface area contributed by atoms with E-state index in [4.69, 9.17) is 4.74 Å². The number of rotatable bonds is 2. The maximum Gasteiger partial charge on any atom is 0.201 e. The first kappa shape index (κ1) is 14.5. The third-order valence-electron chi connectivity index (χ3n) is 2.22. The van der Waals surface area contributed by atoms with Crippen molar-refractivity contribution in [2.45, 2.75) is 0 Å². The Balaban J connectivity index is 2.48. The zero-order chi connectivity index (χ0) is 14.2. The summed E-state index contributed by atoms with van der Waals surface area (Å²) in [5.41, 5.74) is 0. The van der Waals surface area contributed by atoms with Crippen molar-refractivity contribution in [1.29, 1.82) is 0 Å². The monoisotopic (exact) mass is 452 g/mol. The van der Waals surface area contributed by atoms with Crippen molar-refractivity contribution < 1.29 is 20.1 Å². The van der Waals surface area contributed by atoms with Gasteiger partial charge in [-0.25, -0.2) is 0 Å². The lowest BCUT2D eigenvalue weighted by molar-refractivity contribution is 0.361. The first-order valence-corrected chi connectivity index (χ1v) is 7.33. The van der Waals surface area contributed by atoms with Gasteiger partial charge < -0.3 is 20.1 Å². The molecule has 0 saturated heterocycles. The molecule has 100 valence electrons. The second-order valence-electron chi connectivity index (χ2n) is 3.61. The molecule has 0 radical (unpaired) electrons. The summed E-state index contributed by atoms with van der Waals surface area (Å²) in [6.07, 6.45) is 0. The first-order valence-electron chi connectivity index (χ1n) is 4.96. The molecule has 0 aromatic heterocycles. The minimum absolute atomic E-state index is 0.0187. The number of hydrogen-bond donors (Lipinski definition) is 3. The van der Waals surface area contributed by atoms with Crippen molar-refractivity contribution in [2.75, 3.05) is 0 Å². The van der Waals surface area contributed by atoms with E-state index >= 15 is 0 Å². The van der Waals surface area contributed by atoms with Crippen LogP contribution in [0.4, 0.5) is 0 Å². The van der Waals surface area contributed by atoms with Crippen LogP contribution >= 0.6 is 47.8 Å². The van der Waals surface area contributed by atoms with Gasteiger partial charge in [0, 0.05) is 8.95 Å². The summed E-state index contributed by atoms with van der Waals surface area (Å²) in [5, 5.41) is 29.0. The molecule has 0 atom stereocenters. The second-order valence-corrected chi connectivity index (χ2v) is 6.30. The van der Waals surface area contributed by atoms with Gasteiger partial charge in [-0.2, -0.15) is 0 Å². The molecule has 0 amide bonds. The van der Waals surface area contributed by atoms with Crippen LogP contribution in [-0.4, -0.2) is 15.3 Å². The van der Waals surface area contributed by atoms with E-state index in [1.165, 1.54) is 18.2 Å². The highest BCUT2D eigenvalue weighted by Gasteiger charge is 2.15. The molecule has 0 unspecified atom stereocenters. The molecule has 2 rings (SSSR count). The maximum absolute atomic E-state index is 9.82. The van der Waals surface area contributed by atoms with E-state index in [0.717, 1.165) is 0 Å². The molecule has 0 saturated carbocycles. The maximum atomic E-state index is 9.82. The van der Waals surface area contributed by atoms with Crippen molar-refractivity contribution in [3.05, 3.63) is 37.7 Å². The largest absolute Gasteiger partial charge is 0.504 e. The fourth-order valence-electron chi connectivity index (χ4n) is 1.40. The van der Waals surface area contributed by atoms with E-state index in [2.05, 4.69) is 47.8 Å². The van der Waals surface area contributed by atoms with Gasteiger partial charge in [-0.1, -0.05) is 31.9 Å². The summed E-state index contributed by atoms with van der Waals surface area (Å²) in [5.74, 6) is -0.684. The third-order valence-corrected chi connectivity index (χ3v) is 3.73. The normalized spacial score (nSPS) is 10.5. The quantitative estimate of drug-likeness (QED) is 0.565. The minimum Gasteiger partial charge on any atom is -0.504 e. The van der Waals surface area contributed by atoms with Crippen molar-refractivity contribution >= 4 is 47.8 Å². The van der Waals surface area contributed by atoms with Gasteiger partial charge >= 0.3 is 0 Å². The molecule has 2 aromatic carbocycles. The molecule has 0 fully saturated rings. The molecule has 2 aromatic rings. The van der Waals surface area contributed by atoms with Crippen LogP contribution in [0.15, 0.2) is 37.7 Å². The zero-order valence-corrected chi connectivity index (χ0v) is 14.0. The lowest BCUT2D eigenvalue weighted by Gasteiger charge is -2.12. The Kier molecular flexibility index (Phi) is 4.27. The fraction of sp³-hybridized carbons (Fsp3) is 0. The van der Waals surface area contributed by atoms with Crippen LogP contribution in [-0.2, 0) is 0 Å². The highest BCUT2D eigenvalue weighted by molar-refractivity contribution is 9.11. The molecule has 0 aliphatic carbocycles. The van der Waals surface area contributed by atoms with Crippen molar-refractivity contribution in [3.63, 3.8) is 0 Å². The van der Waals surface area contributed by atoms with Gasteiger partial charge in [0.05, 0.1) is 4.47 Å². The van der Waals surface area contributed by atoms with Crippen molar-refractivity contribution in [1.82, 2.24) is 0 Å². The van der Waals surface area contributed by atoms with Gasteiger partial charge in [0.2, 0.25) is 5.75 Å². The van der Waals surface area contributed by atoms with Crippen LogP contribution in [0.25, 0.3) is 0 Å². The van der Waals surface area contributed by atoms with Crippen LogP contribution in [0.5, 0.6) is 28.7 Å². The van der Waals surface area contributed by atoms with E-state index < -0.39 is 5.75 Å². The van der Waals surface area contributed by atoms with Crippen molar-refractivity contribution in [3.8, 4) is 28.7 Å². The summed E-state index contributed by atoms with van der Waals surface area (Å²) in [6.45, 7) is 0. The van der Waals surface area contributed by atoms with Crippen LogP contribution in [0.2, 0.25) is 0 Å². The van der Waals surface area contributed by atoms with E-state index in [1.54, 1.807) is 6.07 Å². The van der Waals surface area contributed by atoms with Crippen LogP contribution in [0.3, 0.4) is 0 Å². The Morgan fingerprint density at radius 2 is 1.37 bits per heavy atom. The number of halogens is 3. The summed E-state index contributed by atoms with van der Waals surface area (Å²) >= 11 is 9.65. The van der Waals surface area contributed by atoms with Gasteiger partial charge in [0.15, 0.2) is 23.0 Å². The van der Waals surface area contributed by atoms with Crippen LogP contribution in [0, 0.1) is 0 Å². The summed E-state index contributed by atoms with van der Waals surface area (Å²) < 4.78 is 7.13. The molecule has 4 nitrogen and oxygen atoms in total. The Labute approximate surface area is 134 Å². The van der Waals surface area contributed by atoms with E-state index in [9.17, 15) is 15.3 Å². The number of hydrogen-bond acceptors (Lipinski definition) is 4. The van der Waals surface area contributed by atoms with Gasteiger partial charge in [-0.3, -0.25) is 0 Å². The van der Waals surface area contributed by atoms with Crippen LogP contribution < -0.4 is 4.74 Å². The molecule has 0 bridgehead atoms. The minimum atomic E-state index is -0.405. The predicted octanol–water partition coefficient (Wildman–Crippen LogP) is 4.88. The third kappa shape index (κ3) is 3.16. The smallest absolute Gasteiger partial charge is 0.201 e. The second kappa shape index (κ2) is 5.60. The molecular formula is C12H7Br3O4. The summed E-state index contributed by atoms with van der Waals surface area (Å²) in [6, 6.07) is 5.95. The standard InChI is InChI=1S/C12H7Br3O4/c13-5-1-7(15)12(9(17)3-5)19-10-4-6(14)2-8(16)11(10)18/h1-4,16-18H. The molecule has 0 spiro atoms. The summed E-state index contributed by atoms with van der Waals surface area (Å²) in [7, 11) is 0.